The van der Waals surface area contributed by atoms with Gasteiger partial charge in [0.15, 0.2) is 0 Å². The first kappa shape index (κ1) is 22.6. The van der Waals surface area contributed by atoms with Crippen LogP contribution in [0.5, 0.6) is 0 Å². The number of ether oxygens (including phenoxy) is 1. The third kappa shape index (κ3) is 10.3. The number of amides is 3. The second-order valence-corrected chi connectivity index (χ2v) is 6.20. The zero-order chi connectivity index (χ0) is 19.9. The molecule has 0 spiro atoms. The number of carbonyl (C=O) groups is 3. The average Bonchev–Trinajstić information content (AvgIpc) is 3.02. The van der Waals surface area contributed by atoms with E-state index in [1.54, 1.807) is 24.3 Å². The lowest BCUT2D eigenvalue weighted by Crippen LogP contribution is -2.36. The molecule has 8 nitrogen and oxygen atoms in total. The second-order valence-electron chi connectivity index (χ2n) is 6.20. The molecule has 0 aromatic carbocycles. The second kappa shape index (κ2) is 13.7. The van der Waals surface area contributed by atoms with Gasteiger partial charge in [-0.1, -0.05) is 13.0 Å². The van der Waals surface area contributed by atoms with Crippen LogP contribution in [0.3, 0.4) is 0 Å². The zero-order valence-electron chi connectivity index (χ0n) is 16.1. The van der Waals surface area contributed by atoms with E-state index in [9.17, 15) is 14.4 Å². The Balaban J connectivity index is 0.000000511. The van der Waals surface area contributed by atoms with Crippen LogP contribution in [0.1, 0.15) is 26.2 Å². The molecule has 150 valence electrons. The standard InChI is InChI=1S/C14H25N3O4.C5H5N/c1-3-7-21-8-6-15-12(18)4-5-16-14(20)11-9-13(19)17(2)10-11;1-2-4-6-5-3-1/h11H,3-10H2,1-2H3,(H,15,18)(H,16,20);1-5H. The Morgan fingerprint density at radius 2 is 1.93 bits per heavy atom. The number of nitrogens with zero attached hydrogens (tertiary/aromatic N) is 2. The number of aromatic nitrogens is 1. The predicted molar refractivity (Wildman–Crippen MR) is 102 cm³/mol. The molecule has 8 heteroatoms. The number of hydrogen-bond acceptors (Lipinski definition) is 5. The van der Waals surface area contributed by atoms with Crippen LogP contribution in [0.2, 0.25) is 0 Å². The van der Waals surface area contributed by atoms with Crippen molar-refractivity contribution in [2.24, 2.45) is 5.92 Å². The third-order valence-electron chi connectivity index (χ3n) is 3.85. The van der Waals surface area contributed by atoms with Gasteiger partial charge in [-0.3, -0.25) is 19.4 Å². The third-order valence-corrected chi connectivity index (χ3v) is 3.85. The van der Waals surface area contributed by atoms with Gasteiger partial charge in [0, 0.05) is 58.5 Å². The summed E-state index contributed by atoms with van der Waals surface area (Å²) in [6.45, 7) is 4.44. The van der Waals surface area contributed by atoms with Crippen molar-refractivity contribution < 1.29 is 19.1 Å². The van der Waals surface area contributed by atoms with Gasteiger partial charge in [-0.2, -0.15) is 0 Å². The number of likely N-dealkylation sites (tertiary alicyclic amines) is 1. The van der Waals surface area contributed by atoms with E-state index in [4.69, 9.17) is 4.74 Å². The fourth-order valence-electron chi connectivity index (χ4n) is 2.39. The molecule has 1 fully saturated rings. The molecule has 0 radical (unpaired) electrons. The van der Waals surface area contributed by atoms with Gasteiger partial charge in [0.05, 0.1) is 12.5 Å². The Hall–Kier alpha value is -2.48. The Kier molecular flexibility index (Phi) is 11.4. The maximum Gasteiger partial charge on any atom is 0.225 e. The van der Waals surface area contributed by atoms with Crippen LogP contribution in [0.4, 0.5) is 0 Å². The molecule has 2 heterocycles. The normalized spacial score (nSPS) is 15.7. The number of pyridine rings is 1. The molecule has 1 aliphatic heterocycles. The molecule has 27 heavy (non-hydrogen) atoms. The molecule has 1 atom stereocenters. The molecule has 2 rings (SSSR count). The summed E-state index contributed by atoms with van der Waals surface area (Å²) in [5.74, 6) is -0.588. The summed E-state index contributed by atoms with van der Waals surface area (Å²) in [7, 11) is 1.68. The highest BCUT2D eigenvalue weighted by molar-refractivity contribution is 5.89. The van der Waals surface area contributed by atoms with Crippen molar-refractivity contribution in [2.75, 3.05) is 39.9 Å². The van der Waals surface area contributed by atoms with Gasteiger partial charge in [0.25, 0.3) is 0 Å². The molecular weight excluding hydrogens is 348 g/mol. The van der Waals surface area contributed by atoms with Crippen LogP contribution >= 0.6 is 0 Å². The van der Waals surface area contributed by atoms with Crippen LogP contribution in [0.15, 0.2) is 30.6 Å². The largest absolute Gasteiger partial charge is 0.380 e. The van der Waals surface area contributed by atoms with Crippen molar-refractivity contribution in [3.8, 4) is 0 Å². The SMILES string of the molecule is CCCOCCNC(=O)CCNC(=O)C1CC(=O)N(C)C1.c1ccncc1. The van der Waals surface area contributed by atoms with Crippen LogP contribution < -0.4 is 10.6 Å². The first-order chi connectivity index (χ1) is 13.0. The molecular formula is C19H30N4O4. The van der Waals surface area contributed by atoms with Crippen molar-refractivity contribution >= 4 is 17.7 Å². The van der Waals surface area contributed by atoms with Gasteiger partial charge in [-0.25, -0.2) is 0 Å². The summed E-state index contributed by atoms with van der Waals surface area (Å²) in [5, 5.41) is 5.42. The number of nitrogens with one attached hydrogen (secondary N) is 2. The summed E-state index contributed by atoms with van der Waals surface area (Å²) in [6, 6.07) is 5.72. The van der Waals surface area contributed by atoms with Crippen molar-refractivity contribution in [3.05, 3.63) is 30.6 Å². The van der Waals surface area contributed by atoms with Crippen molar-refractivity contribution in [1.29, 1.82) is 0 Å². The molecule has 0 aliphatic carbocycles. The minimum absolute atomic E-state index is 0.0139. The molecule has 1 aromatic rings. The Morgan fingerprint density at radius 1 is 1.19 bits per heavy atom. The number of rotatable bonds is 9. The van der Waals surface area contributed by atoms with Crippen molar-refractivity contribution in [1.82, 2.24) is 20.5 Å². The topological polar surface area (TPSA) is 101 Å². The Bertz CT molecular complexity index is 541. The van der Waals surface area contributed by atoms with Gasteiger partial charge < -0.3 is 20.3 Å². The molecule has 1 unspecified atom stereocenters. The summed E-state index contributed by atoms with van der Waals surface area (Å²) < 4.78 is 5.24. The average molecular weight is 378 g/mol. The molecule has 1 aromatic heterocycles. The summed E-state index contributed by atoms with van der Waals surface area (Å²) in [5.41, 5.74) is 0. The van der Waals surface area contributed by atoms with Crippen LogP contribution in [-0.4, -0.2) is 67.5 Å². The first-order valence-electron chi connectivity index (χ1n) is 9.25. The molecule has 0 saturated carbocycles. The fraction of sp³-hybridized carbons (Fsp3) is 0.579. The Labute approximate surface area is 160 Å². The molecule has 1 saturated heterocycles. The lowest BCUT2D eigenvalue weighted by Gasteiger charge is -2.11. The first-order valence-corrected chi connectivity index (χ1v) is 9.25. The maximum atomic E-state index is 11.8. The van der Waals surface area contributed by atoms with Crippen molar-refractivity contribution in [3.63, 3.8) is 0 Å². The lowest BCUT2D eigenvalue weighted by atomic mass is 10.1. The van der Waals surface area contributed by atoms with E-state index in [0.717, 1.165) is 6.42 Å². The number of hydrogen-bond donors (Lipinski definition) is 2. The van der Waals surface area contributed by atoms with E-state index >= 15 is 0 Å². The minimum atomic E-state index is -0.298. The molecule has 3 amide bonds. The van der Waals surface area contributed by atoms with Gasteiger partial charge in [0.2, 0.25) is 17.7 Å². The summed E-state index contributed by atoms with van der Waals surface area (Å²) in [6.07, 6.45) is 4.94. The molecule has 2 N–H and O–H groups in total. The van der Waals surface area contributed by atoms with E-state index in [0.29, 0.717) is 26.3 Å². The zero-order valence-corrected chi connectivity index (χ0v) is 16.1. The van der Waals surface area contributed by atoms with Gasteiger partial charge in [-0.15, -0.1) is 0 Å². The monoisotopic (exact) mass is 378 g/mol. The fourth-order valence-corrected chi connectivity index (χ4v) is 2.39. The van der Waals surface area contributed by atoms with E-state index in [1.807, 2.05) is 25.1 Å². The quantitative estimate of drug-likeness (QED) is 0.613. The van der Waals surface area contributed by atoms with E-state index in [-0.39, 0.29) is 43.0 Å². The summed E-state index contributed by atoms with van der Waals surface area (Å²) in [4.78, 5) is 40.0. The highest BCUT2D eigenvalue weighted by atomic mass is 16.5. The van der Waals surface area contributed by atoms with E-state index in [1.165, 1.54) is 0 Å². The van der Waals surface area contributed by atoms with Gasteiger partial charge >= 0.3 is 0 Å². The predicted octanol–water partition coefficient (Wildman–Crippen LogP) is 0.595. The Morgan fingerprint density at radius 3 is 2.44 bits per heavy atom. The maximum absolute atomic E-state index is 11.8. The van der Waals surface area contributed by atoms with Crippen LogP contribution in [0.25, 0.3) is 0 Å². The summed E-state index contributed by atoms with van der Waals surface area (Å²) >= 11 is 0. The van der Waals surface area contributed by atoms with Crippen molar-refractivity contribution in [2.45, 2.75) is 26.2 Å². The van der Waals surface area contributed by atoms with Gasteiger partial charge in [-0.05, 0) is 18.6 Å². The lowest BCUT2D eigenvalue weighted by molar-refractivity contribution is -0.128. The highest BCUT2D eigenvalue weighted by Gasteiger charge is 2.31. The van der Waals surface area contributed by atoms with E-state index < -0.39 is 0 Å². The molecule has 1 aliphatic rings. The number of carbonyl (C=O) groups excluding carboxylic acids is 3. The highest BCUT2D eigenvalue weighted by Crippen LogP contribution is 2.15. The molecule has 0 bridgehead atoms. The van der Waals surface area contributed by atoms with Crippen LogP contribution in [-0.2, 0) is 19.1 Å². The van der Waals surface area contributed by atoms with Gasteiger partial charge in [0.1, 0.15) is 0 Å². The minimum Gasteiger partial charge on any atom is -0.380 e. The van der Waals surface area contributed by atoms with Crippen LogP contribution in [0, 0.1) is 5.92 Å². The van der Waals surface area contributed by atoms with E-state index in [2.05, 4.69) is 15.6 Å². The smallest absolute Gasteiger partial charge is 0.225 e.